The first-order valence-corrected chi connectivity index (χ1v) is 12.9. The molecule has 2 N–H and O–H groups in total. The molecule has 0 aliphatic heterocycles. The van der Waals surface area contributed by atoms with Crippen LogP contribution in [0.4, 0.5) is 5.69 Å². The standard InChI is InChI=1S/C25H26ClN3O5S/c1-3-29-22-7-5-4-6-19(22)20-14-17(8-10-23(20)29)28-25(30)16-34-24-11-9-18(15-21(24)26)35(31,32)27-12-13-33-2/h4-11,14-15,27H,3,12-13,16H2,1-2H3,(H,28,30). The first-order chi connectivity index (χ1) is 16.8. The summed E-state index contributed by atoms with van der Waals surface area (Å²) in [5.41, 5.74) is 2.90. The van der Waals surface area contributed by atoms with Crippen LogP contribution in [0.1, 0.15) is 6.92 Å². The predicted molar refractivity (Wildman–Crippen MR) is 138 cm³/mol. The zero-order valence-electron chi connectivity index (χ0n) is 19.4. The Hall–Kier alpha value is -3.11. The molecule has 0 aliphatic carbocycles. The molecule has 184 valence electrons. The molecule has 1 amide bonds. The zero-order valence-corrected chi connectivity index (χ0v) is 20.9. The first kappa shape index (κ1) is 25.0. The van der Waals surface area contributed by atoms with E-state index >= 15 is 0 Å². The van der Waals surface area contributed by atoms with Crippen molar-refractivity contribution in [3.8, 4) is 5.75 Å². The van der Waals surface area contributed by atoms with Gasteiger partial charge in [-0.1, -0.05) is 29.8 Å². The fraction of sp³-hybridized carbons (Fsp3) is 0.240. The molecule has 0 saturated carbocycles. The smallest absolute Gasteiger partial charge is 0.262 e. The molecule has 35 heavy (non-hydrogen) atoms. The van der Waals surface area contributed by atoms with Crippen molar-refractivity contribution in [1.29, 1.82) is 0 Å². The third-order valence-electron chi connectivity index (χ3n) is 5.54. The minimum Gasteiger partial charge on any atom is -0.482 e. The highest BCUT2D eigenvalue weighted by molar-refractivity contribution is 7.89. The van der Waals surface area contributed by atoms with E-state index in [0.717, 1.165) is 28.4 Å². The quantitative estimate of drug-likeness (QED) is 0.305. The maximum Gasteiger partial charge on any atom is 0.262 e. The Labute approximate surface area is 208 Å². The number of benzene rings is 3. The number of amides is 1. The van der Waals surface area contributed by atoms with Gasteiger partial charge in [-0.25, -0.2) is 13.1 Å². The van der Waals surface area contributed by atoms with Crippen LogP contribution in [0, 0.1) is 0 Å². The second-order valence-electron chi connectivity index (χ2n) is 7.81. The van der Waals surface area contributed by atoms with Gasteiger partial charge in [0.2, 0.25) is 10.0 Å². The van der Waals surface area contributed by atoms with Gasteiger partial charge in [-0.15, -0.1) is 0 Å². The van der Waals surface area contributed by atoms with Crippen molar-refractivity contribution in [2.45, 2.75) is 18.4 Å². The summed E-state index contributed by atoms with van der Waals surface area (Å²) in [6.45, 7) is 3.04. The summed E-state index contributed by atoms with van der Waals surface area (Å²) in [4.78, 5) is 12.5. The lowest BCUT2D eigenvalue weighted by atomic mass is 10.1. The Kier molecular flexibility index (Phi) is 7.61. The van der Waals surface area contributed by atoms with Crippen LogP contribution in [0.2, 0.25) is 5.02 Å². The van der Waals surface area contributed by atoms with Gasteiger partial charge in [0.1, 0.15) is 5.75 Å². The second-order valence-corrected chi connectivity index (χ2v) is 9.99. The lowest BCUT2D eigenvalue weighted by Gasteiger charge is -2.11. The summed E-state index contributed by atoms with van der Waals surface area (Å²) in [6, 6.07) is 18.0. The first-order valence-electron chi connectivity index (χ1n) is 11.1. The molecule has 1 aromatic heterocycles. The van der Waals surface area contributed by atoms with Gasteiger partial charge < -0.3 is 19.4 Å². The van der Waals surface area contributed by atoms with Crippen molar-refractivity contribution < 1.29 is 22.7 Å². The second kappa shape index (κ2) is 10.7. The summed E-state index contributed by atoms with van der Waals surface area (Å²) in [6.07, 6.45) is 0. The van der Waals surface area contributed by atoms with E-state index in [2.05, 4.69) is 33.7 Å². The van der Waals surface area contributed by atoms with Gasteiger partial charge in [0, 0.05) is 47.7 Å². The van der Waals surface area contributed by atoms with Crippen LogP contribution < -0.4 is 14.8 Å². The normalized spacial score (nSPS) is 11.7. The molecule has 1 heterocycles. The fourth-order valence-corrected chi connectivity index (χ4v) is 5.28. The highest BCUT2D eigenvalue weighted by Gasteiger charge is 2.16. The number of anilines is 1. The molecule has 0 atom stereocenters. The predicted octanol–water partition coefficient (Wildman–Crippen LogP) is 4.41. The molecule has 0 radical (unpaired) electrons. The molecular formula is C25H26ClN3O5S. The average molecular weight is 516 g/mol. The highest BCUT2D eigenvalue weighted by Crippen LogP contribution is 2.31. The van der Waals surface area contributed by atoms with Gasteiger partial charge in [0.15, 0.2) is 6.61 Å². The molecule has 3 aromatic carbocycles. The largest absolute Gasteiger partial charge is 0.482 e. The summed E-state index contributed by atoms with van der Waals surface area (Å²) in [7, 11) is -2.25. The van der Waals surface area contributed by atoms with Crippen LogP contribution in [0.25, 0.3) is 21.8 Å². The summed E-state index contributed by atoms with van der Waals surface area (Å²) in [5.74, 6) is -0.156. The number of rotatable bonds is 10. The maximum atomic E-state index is 12.5. The molecular weight excluding hydrogens is 490 g/mol. The summed E-state index contributed by atoms with van der Waals surface area (Å²) < 4.78 is 39.6. The number of sulfonamides is 1. The van der Waals surface area contributed by atoms with Gasteiger partial charge in [-0.2, -0.15) is 0 Å². The maximum absolute atomic E-state index is 12.5. The zero-order chi connectivity index (χ0) is 25.0. The average Bonchev–Trinajstić information content (AvgIpc) is 3.16. The van der Waals surface area contributed by atoms with Gasteiger partial charge in [-0.05, 0) is 49.4 Å². The Balaban J connectivity index is 1.43. The molecule has 0 spiro atoms. The molecule has 0 unspecified atom stereocenters. The minimum atomic E-state index is -3.73. The number of aryl methyl sites for hydroxylation is 1. The molecule has 0 saturated heterocycles. The number of carbonyl (C=O) groups is 1. The van der Waals surface area contributed by atoms with Crippen LogP contribution in [0.5, 0.6) is 5.75 Å². The molecule has 10 heteroatoms. The number of ether oxygens (including phenoxy) is 2. The Bertz CT molecular complexity index is 1480. The van der Waals surface area contributed by atoms with E-state index in [1.807, 2.05) is 30.3 Å². The molecule has 4 rings (SSSR count). The number of nitrogens with zero attached hydrogens (tertiary/aromatic N) is 1. The van der Waals surface area contributed by atoms with Gasteiger partial charge >= 0.3 is 0 Å². The molecule has 0 aliphatic rings. The van der Waals surface area contributed by atoms with E-state index in [9.17, 15) is 13.2 Å². The number of nitrogens with one attached hydrogen (secondary N) is 2. The van der Waals surface area contributed by atoms with E-state index in [4.69, 9.17) is 21.1 Å². The lowest BCUT2D eigenvalue weighted by molar-refractivity contribution is -0.118. The SMILES string of the molecule is CCn1c2ccccc2c2cc(NC(=O)COc3ccc(S(=O)(=O)NCCOC)cc3Cl)ccc21. The number of fused-ring (bicyclic) bond motifs is 3. The van der Waals surface area contributed by atoms with Gasteiger partial charge in [-0.3, -0.25) is 4.79 Å². The van der Waals surface area contributed by atoms with E-state index in [1.165, 1.54) is 25.3 Å². The highest BCUT2D eigenvalue weighted by atomic mass is 35.5. The van der Waals surface area contributed by atoms with Crippen LogP contribution in [-0.2, 0) is 26.1 Å². The number of hydrogen-bond donors (Lipinski definition) is 2. The number of hydrogen-bond acceptors (Lipinski definition) is 5. The Morgan fingerprint density at radius 3 is 2.54 bits per heavy atom. The summed E-state index contributed by atoms with van der Waals surface area (Å²) >= 11 is 6.20. The number of methoxy groups -OCH3 is 1. The number of aromatic nitrogens is 1. The van der Waals surface area contributed by atoms with Crippen molar-refractivity contribution >= 4 is 55.0 Å². The van der Waals surface area contributed by atoms with Gasteiger partial charge in [0.25, 0.3) is 5.91 Å². The monoisotopic (exact) mass is 515 g/mol. The van der Waals surface area contributed by atoms with Crippen LogP contribution in [-0.4, -0.2) is 45.8 Å². The third-order valence-corrected chi connectivity index (χ3v) is 7.30. The Morgan fingerprint density at radius 1 is 1.03 bits per heavy atom. The van der Waals surface area contributed by atoms with E-state index in [1.54, 1.807) is 0 Å². The van der Waals surface area contributed by atoms with Crippen LogP contribution >= 0.6 is 11.6 Å². The number of halogens is 1. The fourth-order valence-electron chi connectivity index (χ4n) is 3.94. The molecule has 8 nitrogen and oxygen atoms in total. The lowest BCUT2D eigenvalue weighted by Crippen LogP contribution is -2.27. The molecule has 4 aromatic rings. The van der Waals surface area contributed by atoms with Crippen molar-refractivity contribution in [3.05, 3.63) is 65.7 Å². The third kappa shape index (κ3) is 5.43. The summed E-state index contributed by atoms with van der Waals surface area (Å²) in [5, 5.41) is 5.11. The van der Waals surface area contributed by atoms with Crippen molar-refractivity contribution in [2.75, 3.05) is 32.2 Å². The number of para-hydroxylation sites is 1. The van der Waals surface area contributed by atoms with Crippen molar-refractivity contribution in [2.24, 2.45) is 0 Å². The number of carbonyl (C=O) groups excluding carboxylic acids is 1. The van der Waals surface area contributed by atoms with E-state index in [0.29, 0.717) is 5.69 Å². The molecule has 0 bridgehead atoms. The van der Waals surface area contributed by atoms with E-state index < -0.39 is 10.0 Å². The minimum absolute atomic E-state index is 0.00468. The van der Waals surface area contributed by atoms with Crippen molar-refractivity contribution in [3.63, 3.8) is 0 Å². The van der Waals surface area contributed by atoms with Gasteiger partial charge in [0.05, 0.1) is 16.5 Å². The van der Waals surface area contributed by atoms with Crippen LogP contribution in [0.3, 0.4) is 0 Å². The Morgan fingerprint density at radius 2 is 1.80 bits per heavy atom. The molecule has 0 fully saturated rings. The van der Waals surface area contributed by atoms with Crippen molar-refractivity contribution in [1.82, 2.24) is 9.29 Å². The van der Waals surface area contributed by atoms with Crippen LogP contribution in [0.15, 0.2) is 65.6 Å². The van der Waals surface area contributed by atoms with E-state index in [-0.39, 0.29) is 41.3 Å². The topological polar surface area (TPSA) is 98.7 Å².